The van der Waals surface area contributed by atoms with E-state index in [4.69, 9.17) is 27.9 Å². The first kappa shape index (κ1) is 23.5. The molecule has 4 rings (SSSR count). The summed E-state index contributed by atoms with van der Waals surface area (Å²) in [6.45, 7) is 0.214. The molecule has 0 unspecified atom stereocenters. The Morgan fingerprint density at radius 1 is 1.21 bits per heavy atom. The standard InChI is InChI=1S/C21H14Cl2F3N3O3S/c1-32-11-5-10-8-29(9-14(10)27-7-11)20(31)17-15(6-16(21(24,25)26)28-19(17)30)33-18-12(22)3-2-4-13(18)23/h2-7H,8-9H2,1H3,(H,28,30). The summed E-state index contributed by atoms with van der Waals surface area (Å²) < 4.78 is 45.3. The van der Waals surface area contributed by atoms with Crippen LogP contribution < -0.4 is 10.3 Å². The first-order valence-corrected chi connectivity index (χ1v) is 10.9. The highest BCUT2D eigenvalue weighted by molar-refractivity contribution is 7.99. The summed E-state index contributed by atoms with van der Waals surface area (Å²) in [5.41, 5.74) is -1.57. The minimum absolute atomic E-state index is 0.0928. The van der Waals surface area contributed by atoms with E-state index < -0.39 is 28.9 Å². The first-order valence-electron chi connectivity index (χ1n) is 9.36. The van der Waals surface area contributed by atoms with Crippen molar-refractivity contribution in [1.29, 1.82) is 0 Å². The fourth-order valence-corrected chi connectivity index (χ4v) is 4.95. The lowest BCUT2D eigenvalue weighted by atomic mass is 10.2. The lowest BCUT2D eigenvalue weighted by Gasteiger charge is -2.18. The summed E-state index contributed by atoms with van der Waals surface area (Å²) in [6, 6.07) is 7.01. The molecule has 0 bridgehead atoms. The Morgan fingerprint density at radius 3 is 2.55 bits per heavy atom. The molecule has 0 aliphatic carbocycles. The van der Waals surface area contributed by atoms with Crippen molar-refractivity contribution in [2.45, 2.75) is 29.1 Å². The number of rotatable bonds is 4. The number of amides is 1. The third-order valence-electron chi connectivity index (χ3n) is 4.91. The van der Waals surface area contributed by atoms with Crippen molar-refractivity contribution in [1.82, 2.24) is 14.9 Å². The molecule has 1 aromatic carbocycles. The Labute approximate surface area is 199 Å². The molecule has 0 spiro atoms. The summed E-state index contributed by atoms with van der Waals surface area (Å²) in [6.07, 6.45) is -3.33. The Hall–Kier alpha value is -2.69. The minimum atomic E-state index is -4.83. The number of ether oxygens (including phenoxy) is 1. The molecule has 0 saturated carbocycles. The van der Waals surface area contributed by atoms with Crippen LogP contribution in [0, 0.1) is 0 Å². The fourth-order valence-electron chi connectivity index (χ4n) is 3.31. The number of fused-ring (bicyclic) bond motifs is 1. The third-order valence-corrected chi connectivity index (χ3v) is 6.95. The molecule has 6 nitrogen and oxygen atoms in total. The Bertz CT molecular complexity index is 1290. The second kappa shape index (κ2) is 8.92. The number of hydrogen-bond donors (Lipinski definition) is 1. The number of alkyl halides is 3. The quantitative estimate of drug-likeness (QED) is 0.502. The summed E-state index contributed by atoms with van der Waals surface area (Å²) in [5, 5.41) is 0.342. The monoisotopic (exact) mass is 515 g/mol. The molecule has 1 aliphatic rings. The van der Waals surface area contributed by atoms with E-state index in [0.29, 0.717) is 17.5 Å². The molecule has 0 radical (unpaired) electrons. The second-order valence-corrected chi connectivity index (χ2v) is 8.91. The van der Waals surface area contributed by atoms with Gasteiger partial charge in [0, 0.05) is 16.3 Å². The number of nitrogens with one attached hydrogen (secondary N) is 1. The molecule has 1 N–H and O–H groups in total. The van der Waals surface area contributed by atoms with Gasteiger partial charge in [-0.1, -0.05) is 41.0 Å². The van der Waals surface area contributed by atoms with Crippen LogP contribution in [0.4, 0.5) is 13.2 Å². The number of halogens is 5. The maximum atomic E-state index is 13.4. The van der Waals surface area contributed by atoms with Crippen LogP contribution in [-0.4, -0.2) is 27.9 Å². The van der Waals surface area contributed by atoms with Gasteiger partial charge in [0.05, 0.1) is 35.6 Å². The molecule has 0 atom stereocenters. The summed E-state index contributed by atoms with van der Waals surface area (Å²) >= 11 is 13.1. The number of aromatic amines is 1. The number of nitrogens with zero attached hydrogens (tertiary/aromatic N) is 2. The number of H-pyrrole nitrogens is 1. The maximum Gasteiger partial charge on any atom is 0.431 e. The SMILES string of the molecule is COc1cnc2c(c1)CN(C(=O)c1c(Sc3c(Cl)cccc3Cl)cc(C(F)(F)F)[nH]c1=O)C2. The van der Waals surface area contributed by atoms with Gasteiger partial charge in [0.25, 0.3) is 11.5 Å². The molecule has 12 heteroatoms. The van der Waals surface area contributed by atoms with E-state index in [0.717, 1.165) is 17.3 Å². The molecule has 3 aromatic rings. The zero-order chi connectivity index (χ0) is 23.9. The largest absolute Gasteiger partial charge is 0.495 e. The van der Waals surface area contributed by atoms with Crippen LogP contribution in [0.25, 0.3) is 0 Å². The highest BCUT2D eigenvalue weighted by atomic mass is 35.5. The zero-order valence-corrected chi connectivity index (χ0v) is 19.1. The van der Waals surface area contributed by atoms with Gasteiger partial charge in [-0.05, 0) is 29.8 Å². The summed E-state index contributed by atoms with van der Waals surface area (Å²) in [7, 11) is 1.48. The van der Waals surface area contributed by atoms with Gasteiger partial charge in [-0.15, -0.1) is 0 Å². The van der Waals surface area contributed by atoms with Crippen LogP contribution in [0.5, 0.6) is 5.75 Å². The second-order valence-electron chi connectivity index (χ2n) is 7.04. The van der Waals surface area contributed by atoms with E-state index in [1.165, 1.54) is 30.3 Å². The van der Waals surface area contributed by atoms with Gasteiger partial charge < -0.3 is 14.6 Å². The van der Waals surface area contributed by atoms with E-state index in [9.17, 15) is 22.8 Å². The molecular formula is C21H14Cl2F3N3O3S. The zero-order valence-electron chi connectivity index (χ0n) is 16.8. The number of methoxy groups -OCH3 is 1. The fraction of sp³-hybridized carbons (Fsp3) is 0.190. The first-order chi connectivity index (χ1) is 15.6. The highest BCUT2D eigenvalue weighted by Gasteiger charge is 2.36. The average Bonchev–Trinajstić information content (AvgIpc) is 3.18. The van der Waals surface area contributed by atoms with Crippen molar-refractivity contribution >= 4 is 40.9 Å². The Morgan fingerprint density at radius 2 is 1.91 bits per heavy atom. The lowest BCUT2D eigenvalue weighted by Crippen LogP contribution is -2.33. The van der Waals surface area contributed by atoms with Crippen LogP contribution in [0.15, 0.2) is 51.1 Å². The summed E-state index contributed by atoms with van der Waals surface area (Å²) in [4.78, 5) is 33.4. The molecule has 172 valence electrons. The molecule has 0 fully saturated rings. The number of aromatic nitrogens is 2. The van der Waals surface area contributed by atoms with Gasteiger partial charge in [-0.2, -0.15) is 13.2 Å². The van der Waals surface area contributed by atoms with Crippen LogP contribution in [0.2, 0.25) is 10.0 Å². The number of carbonyl (C=O) groups excluding carboxylic acids is 1. The minimum Gasteiger partial charge on any atom is -0.495 e. The maximum absolute atomic E-state index is 13.4. The Balaban J connectivity index is 1.77. The van der Waals surface area contributed by atoms with Gasteiger partial charge in [-0.3, -0.25) is 14.6 Å². The molecule has 2 aromatic heterocycles. The Kier molecular flexibility index (Phi) is 6.35. The van der Waals surface area contributed by atoms with Crippen molar-refractivity contribution in [3.8, 4) is 5.75 Å². The molecule has 3 heterocycles. The molecule has 33 heavy (non-hydrogen) atoms. The third kappa shape index (κ3) is 4.68. The van der Waals surface area contributed by atoms with Gasteiger partial charge in [0.2, 0.25) is 0 Å². The van der Waals surface area contributed by atoms with E-state index in [1.54, 1.807) is 17.1 Å². The van der Waals surface area contributed by atoms with Crippen molar-refractivity contribution < 1.29 is 22.7 Å². The normalized spacial score (nSPS) is 13.2. The molecule has 0 saturated heterocycles. The van der Waals surface area contributed by atoms with E-state index in [2.05, 4.69) is 4.98 Å². The molecular weight excluding hydrogens is 502 g/mol. The molecule has 1 amide bonds. The van der Waals surface area contributed by atoms with Crippen molar-refractivity contribution in [2.75, 3.05) is 7.11 Å². The highest BCUT2D eigenvalue weighted by Crippen LogP contribution is 2.41. The van der Waals surface area contributed by atoms with E-state index in [1.807, 2.05) is 0 Å². The van der Waals surface area contributed by atoms with Crippen molar-refractivity contribution in [3.05, 3.63) is 79.4 Å². The smallest absolute Gasteiger partial charge is 0.431 e. The van der Waals surface area contributed by atoms with Crippen LogP contribution in [0.1, 0.15) is 27.3 Å². The van der Waals surface area contributed by atoms with E-state index in [-0.39, 0.29) is 32.9 Å². The van der Waals surface area contributed by atoms with E-state index >= 15 is 0 Å². The van der Waals surface area contributed by atoms with Gasteiger partial charge in [0.1, 0.15) is 17.0 Å². The topological polar surface area (TPSA) is 75.3 Å². The number of pyridine rings is 2. The lowest BCUT2D eigenvalue weighted by molar-refractivity contribution is -0.141. The van der Waals surface area contributed by atoms with Gasteiger partial charge >= 0.3 is 6.18 Å². The van der Waals surface area contributed by atoms with Crippen molar-refractivity contribution in [2.24, 2.45) is 0 Å². The predicted molar refractivity (Wildman–Crippen MR) is 117 cm³/mol. The van der Waals surface area contributed by atoms with Gasteiger partial charge in [-0.25, -0.2) is 0 Å². The number of benzene rings is 1. The predicted octanol–water partition coefficient (Wildman–Crippen LogP) is 5.41. The summed E-state index contributed by atoms with van der Waals surface area (Å²) in [5.74, 6) is -0.243. The van der Waals surface area contributed by atoms with Crippen LogP contribution in [0.3, 0.4) is 0 Å². The molecule has 1 aliphatic heterocycles. The van der Waals surface area contributed by atoms with Crippen molar-refractivity contribution in [3.63, 3.8) is 0 Å². The number of carbonyl (C=O) groups is 1. The number of hydrogen-bond acceptors (Lipinski definition) is 5. The van der Waals surface area contributed by atoms with Gasteiger partial charge in [0.15, 0.2) is 0 Å². The van der Waals surface area contributed by atoms with Crippen LogP contribution in [-0.2, 0) is 19.3 Å². The van der Waals surface area contributed by atoms with Crippen LogP contribution >= 0.6 is 35.0 Å². The average molecular weight is 516 g/mol.